The molecule has 0 atom stereocenters. The van der Waals surface area contributed by atoms with E-state index in [1.807, 2.05) is 24.3 Å². The van der Waals surface area contributed by atoms with Gasteiger partial charge in [0.2, 0.25) is 0 Å². The van der Waals surface area contributed by atoms with Crippen LogP contribution in [-0.4, -0.2) is 24.1 Å². The topological polar surface area (TPSA) is 48.5 Å². The molecule has 0 aliphatic heterocycles. The number of benzene rings is 9. The Balaban J connectivity index is 1.05. The Hall–Kier alpha value is -8.67. The number of aromatic nitrogens is 5. The molecule has 4 aromatic heterocycles. The fourth-order valence-electron chi connectivity index (χ4n) is 9.83. The summed E-state index contributed by atoms with van der Waals surface area (Å²) < 4.78 is 4.78. The van der Waals surface area contributed by atoms with E-state index in [1.54, 1.807) is 0 Å². The van der Waals surface area contributed by atoms with E-state index >= 15 is 0 Å². The van der Waals surface area contributed by atoms with Crippen LogP contribution in [0.1, 0.15) is 0 Å². The van der Waals surface area contributed by atoms with E-state index in [0.717, 1.165) is 67.0 Å². The summed E-state index contributed by atoms with van der Waals surface area (Å²) in [5.74, 6) is 1.55. The lowest BCUT2D eigenvalue weighted by atomic mass is 9.94. The van der Waals surface area contributed by atoms with Crippen LogP contribution < -0.4 is 0 Å². The molecule has 0 aliphatic rings. The van der Waals surface area contributed by atoms with E-state index < -0.39 is 0 Å². The van der Waals surface area contributed by atoms with Crippen molar-refractivity contribution in [2.75, 3.05) is 0 Å². The first-order valence-electron chi connectivity index (χ1n) is 21.7. The van der Waals surface area contributed by atoms with Gasteiger partial charge in [-0.05, 0) is 82.6 Å². The van der Waals surface area contributed by atoms with Gasteiger partial charge >= 0.3 is 0 Å². The third-order valence-corrected chi connectivity index (χ3v) is 12.7. The molecule has 0 bridgehead atoms. The van der Waals surface area contributed by atoms with Gasteiger partial charge < -0.3 is 4.57 Å². The zero-order valence-corrected chi connectivity index (χ0v) is 34.6. The Morgan fingerprint density at radius 2 is 0.953 bits per heavy atom. The SMILES string of the molecule is c1ccc(-c2nc(-c3ccccc3)c3cc(-c4cccc(-n5c6ccccc6c6cc7c8c9ccccc9c(-c9ccccc9)cc8n(-c8ccccc8)c7cc65)n4)ccc3n2)cc1. The molecule has 13 aromatic rings. The van der Waals surface area contributed by atoms with E-state index in [0.29, 0.717) is 5.82 Å². The average Bonchev–Trinajstić information content (AvgIpc) is 3.87. The lowest BCUT2D eigenvalue weighted by Gasteiger charge is -2.13. The minimum atomic E-state index is 0.705. The van der Waals surface area contributed by atoms with Crippen LogP contribution >= 0.6 is 0 Å². The fraction of sp³-hybridized carbons (Fsp3) is 0. The van der Waals surface area contributed by atoms with Gasteiger partial charge in [0.25, 0.3) is 0 Å². The summed E-state index contributed by atoms with van der Waals surface area (Å²) in [6, 6.07) is 79.6. The summed E-state index contributed by atoms with van der Waals surface area (Å²) in [7, 11) is 0. The lowest BCUT2D eigenvalue weighted by Crippen LogP contribution is -1.99. The molecule has 9 aromatic carbocycles. The van der Waals surface area contributed by atoms with Crippen LogP contribution in [0.4, 0.5) is 0 Å². The molecular weight excluding hydrogens is 779 g/mol. The lowest BCUT2D eigenvalue weighted by molar-refractivity contribution is 1.08. The molecule has 13 rings (SSSR count). The van der Waals surface area contributed by atoms with Gasteiger partial charge in [0.1, 0.15) is 5.82 Å². The van der Waals surface area contributed by atoms with Crippen molar-refractivity contribution in [3.8, 4) is 56.5 Å². The predicted octanol–water partition coefficient (Wildman–Crippen LogP) is 15.0. The minimum Gasteiger partial charge on any atom is -0.309 e. The largest absolute Gasteiger partial charge is 0.309 e. The standard InChI is InChI=1S/C59H37N5/c1-5-18-38(19-6-1)46-36-55-57(45-28-14-13-26-43(45)46)49-35-47-44-27-15-16-30-52(44)64(53(47)37-54(49)63(55)42-24-11-4-12-25-42)56-31-17-29-50(60-56)41-32-33-51-48(34-41)58(39-20-7-2-8-21-39)62-59(61-51)40-22-9-3-10-23-40/h1-37H. The summed E-state index contributed by atoms with van der Waals surface area (Å²) in [6.07, 6.45) is 0. The third kappa shape index (κ3) is 5.68. The molecule has 0 fully saturated rings. The van der Waals surface area contributed by atoms with Crippen LogP contribution in [0.2, 0.25) is 0 Å². The second-order valence-electron chi connectivity index (χ2n) is 16.4. The maximum absolute atomic E-state index is 5.46. The first-order valence-corrected chi connectivity index (χ1v) is 21.7. The molecule has 0 radical (unpaired) electrons. The first-order chi connectivity index (χ1) is 31.7. The summed E-state index contributed by atoms with van der Waals surface area (Å²) in [4.78, 5) is 15.7. The Morgan fingerprint density at radius 3 is 1.72 bits per heavy atom. The van der Waals surface area contributed by atoms with Crippen molar-refractivity contribution in [1.82, 2.24) is 24.1 Å². The number of pyridine rings is 1. The number of hydrogen-bond acceptors (Lipinski definition) is 3. The second-order valence-corrected chi connectivity index (χ2v) is 16.4. The number of para-hydroxylation sites is 2. The van der Waals surface area contributed by atoms with Gasteiger partial charge in [0, 0.05) is 49.3 Å². The average molecular weight is 816 g/mol. The molecular formula is C59H37N5. The molecule has 0 amide bonds. The molecule has 0 N–H and O–H groups in total. The van der Waals surface area contributed by atoms with E-state index in [1.165, 1.54) is 49.0 Å². The maximum Gasteiger partial charge on any atom is 0.160 e. The Kier molecular flexibility index (Phi) is 8.15. The van der Waals surface area contributed by atoms with Gasteiger partial charge in [-0.15, -0.1) is 0 Å². The second kappa shape index (κ2) is 14.5. The molecule has 64 heavy (non-hydrogen) atoms. The summed E-state index contributed by atoms with van der Waals surface area (Å²) >= 11 is 0. The van der Waals surface area contributed by atoms with Crippen LogP contribution in [0.5, 0.6) is 0 Å². The highest BCUT2D eigenvalue weighted by Gasteiger charge is 2.22. The smallest absolute Gasteiger partial charge is 0.160 e. The Labute approximate surface area is 368 Å². The van der Waals surface area contributed by atoms with Crippen LogP contribution in [0, 0.1) is 0 Å². The van der Waals surface area contributed by atoms with Crippen molar-refractivity contribution < 1.29 is 0 Å². The highest BCUT2D eigenvalue weighted by Crippen LogP contribution is 2.44. The van der Waals surface area contributed by atoms with Gasteiger partial charge in [-0.1, -0.05) is 164 Å². The summed E-state index contributed by atoms with van der Waals surface area (Å²) in [5.41, 5.74) is 13.7. The molecule has 5 nitrogen and oxygen atoms in total. The van der Waals surface area contributed by atoms with E-state index in [2.05, 4.69) is 209 Å². The number of rotatable bonds is 6. The van der Waals surface area contributed by atoms with Crippen molar-refractivity contribution in [1.29, 1.82) is 0 Å². The van der Waals surface area contributed by atoms with E-state index in [4.69, 9.17) is 15.0 Å². The summed E-state index contributed by atoms with van der Waals surface area (Å²) in [6.45, 7) is 0. The zero-order chi connectivity index (χ0) is 42.1. The van der Waals surface area contributed by atoms with Crippen LogP contribution in [0.15, 0.2) is 224 Å². The molecule has 0 saturated heterocycles. The monoisotopic (exact) mass is 815 g/mol. The van der Waals surface area contributed by atoms with Gasteiger partial charge in [-0.2, -0.15) is 0 Å². The van der Waals surface area contributed by atoms with Crippen LogP contribution in [-0.2, 0) is 0 Å². The maximum atomic E-state index is 5.46. The fourth-order valence-corrected chi connectivity index (χ4v) is 9.83. The normalized spacial score (nSPS) is 11.8. The number of nitrogens with zero attached hydrogens (tertiary/aromatic N) is 5. The quantitative estimate of drug-likeness (QED) is 0.168. The van der Waals surface area contributed by atoms with Crippen molar-refractivity contribution in [3.05, 3.63) is 224 Å². The first kappa shape index (κ1) is 36.0. The highest BCUT2D eigenvalue weighted by molar-refractivity contribution is 6.27. The number of fused-ring (bicyclic) bond motifs is 9. The molecule has 0 unspecified atom stereocenters. The van der Waals surface area contributed by atoms with Crippen LogP contribution in [0.3, 0.4) is 0 Å². The molecule has 5 heteroatoms. The minimum absolute atomic E-state index is 0.705. The Morgan fingerprint density at radius 1 is 0.312 bits per heavy atom. The molecule has 0 aliphatic carbocycles. The van der Waals surface area contributed by atoms with Crippen molar-refractivity contribution in [3.63, 3.8) is 0 Å². The molecule has 0 spiro atoms. The van der Waals surface area contributed by atoms with Gasteiger partial charge in [-0.25, -0.2) is 15.0 Å². The molecule has 4 heterocycles. The van der Waals surface area contributed by atoms with Crippen molar-refractivity contribution in [2.45, 2.75) is 0 Å². The third-order valence-electron chi connectivity index (χ3n) is 12.7. The van der Waals surface area contributed by atoms with E-state index in [-0.39, 0.29) is 0 Å². The molecule has 0 saturated carbocycles. The van der Waals surface area contributed by atoms with Gasteiger partial charge in [0.15, 0.2) is 5.82 Å². The molecule has 298 valence electrons. The van der Waals surface area contributed by atoms with Crippen molar-refractivity contribution in [2.24, 2.45) is 0 Å². The van der Waals surface area contributed by atoms with Crippen LogP contribution in [0.25, 0.3) is 122 Å². The van der Waals surface area contributed by atoms with Gasteiger partial charge in [0.05, 0.1) is 39.0 Å². The predicted molar refractivity (Wildman–Crippen MR) is 265 cm³/mol. The van der Waals surface area contributed by atoms with Gasteiger partial charge in [-0.3, -0.25) is 4.57 Å². The number of hydrogen-bond donors (Lipinski definition) is 0. The highest BCUT2D eigenvalue weighted by atomic mass is 15.1. The van der Waals surface area contributed by atoms with Crippen molar-refractivity contribution >= 4 is 65.3 Å². The zero-order valence-electron chi connectivity index (χ0n) is 34.6. The van der Waals surface area contributed by atoms with E-state index in [9.17, 15) is 0 Å². The Bertz CT molecular complexity index is 3930. The summed E-state index contributed by atoms with van der Waals surface area (Å²) in [5, 5.41) is 8.29.